The highest BCUT2D eigenvalue weighted by molar-refractivity contribution is 7.80. The monoisotopic (exact) mass is 669 g/mol. The van der Waals surface area contributed by atoms with E-state index in [1.807, 2.05) is 0 Å². The van der Waals surface area contributed by atoms with Gasteiger partial charge >= 0.3 is 22.2 Å². The van der Waals surface area contributed by atoms with Crippen molar-refractivity contribution in [3.05, 3.63) is 40.9 Å². The Labute approximate surface area is 260 Å². The maximum Gasteiger partial charge on any atom is 0.418 e. The summed E-state index contributed by atoms with van der Waals surface area (Å²) in [5.41, 5.74) is 16.2. The van der Waals surface area contributed by atoms with Crippen LogP contribution in [-0.4, -0.2) is 100.0 Å². The summed E-state index contributed by atoms with van der Waals surface area (Å²) in [5, 5.41) is 20.8. The predicted molar refractivity (Wildman–Crippen MR) is 158 cm³/mol. The van der Waals surface area contributed by atoms with Gasteiger partial charge in [0.15, 0.2) is 10.8 Å². The van der Waals surface area contributed by atoms with Crippen LogP contribution < -0.4 is 32.6 Å². The van der Waals surface area contributed by atoms with Crippen molar-refractivity contribution in [3.63, 3.8) is 0 Å². The number of carbonyl (C=O) groups excluding carboxylic acids is 2. The molecule has 2 amide bonds. The number of oxime groups is 1. The summed E-state index contributed by atoms with van der Waals surface area (Å²) >= 11 is 0.934. The Morgan fingerprint density at radius 1 is 1.27 bits per heavy atom. The Morgan fingerprint density at radius 2 is 1.93 bits per heavy atom. The molecule has 0 saturated carbocycles. The van der Waals surface area contributed by atoms with Crippen LogP contribution in [0.4, 0.5) is 5.13 Å². The number of nitrogen functional groups attached to an aromatic ring is 1. The lowest BCUT2D eigenvalue weighted by atomic mass is 9.84. The molecule has 2 fully saturated rings. The number of β-lactam (4-membered cyclic amide) rings is 1. The Bertz CT molecular complexity index is 1640. The van der Waals surface area contributed by atoms with E-state index in [1.54, 1.807) is 12.1 Å². The SMILES string of the molecule is CC(O/N=C(\C(=O)N[C@@H]1C(=O)N(OS(=O)(=O)O)C1(C)C)c1csc(N)n1)(Oc1ccc(C(N)=NC2CNCC2N)cc1)C(=O)O. The number of carbonyl (C=O) groups is 3. The Hall–Kier alpha value is -4.41. The van der Waals surface area contributed by atoms with E-state index in [-0.39, 0.29) is 34.5 Å². The summed E-state index contributed by atoms with van der Waals surface area (Å²) in [5.74, 6) is -5.92. The zero-order chi connectivity index (χ0) is 33.3. The first-order valence-electron chi connectivity index (χ1n) is 13.0. The molecular weight excluding hydrogens is 638 g/mol. The number of aromatic nitrogens is 1. The lowest BCUT2D eigenvalue weighted by Gasteiger charge is -2.50. The summed E-state index contributed by atoms with van der Waals surface area (Å²) < 4.78 is 41.0. The Morgan fingerprint density at radius 3 is 2.44 bits per heavy atom. The fourth-order valence-corrected chi connectivity index (χ4v) is 5.25. The number of nitrogens with one attached hydrogen (secondary N) is 2. The second kappa shape index (κ2) is 12.5. The first-order valence-corrected chi connectivity index (χ1v) is 15.3. The van der Waals surface area contributed by atoms with Crippen LogP contribution in [0.15, 0.2) is 39.8 Å². The van der Waals surface area contributed by atoms with Gasteiger partial charge in [0, 0.05) is 37.0 Å². The maximum atomic E-state index is 13.3. The summed E-state index contributed by atoms with van der Waals surface area (Å²) in [6.45, 7) is 4.93. The summed E-state index contributed by atoms with van der Waals surface area (Å²) in [4.78, 5) is 51.6. The van der Waals surface area contributed by atoms with Crippen LogP contribution in [0.1, 0.15) is 32.0 Å². The van der Waals surface area contributed by atoms with Gasteiger partial charge in [-0.2, -0.15) is 13.5 Å². The fraction of sp³-hybridized carbons (Fsp3) is 0.417. The third-order valence-corrected chi connectivity index (χ3v) is 7.81. The lowest BCUT2D eigenvalue weighted by molar-refractivity contribution is -0.218. The maximum absolute atomic E-state index is 13.3. The minimum atomic E-state index is -5.03. The molecule has 244 valence electrons. The second-order valence-corrected chi connectivity index (χ2v) is 12.5. The summed E-state index contributed by atoms with van der Waals surface area (Å²) in [6, 6.07) is 4.23. The third-order valence-electron chi connectivity index (χ3n) is 6.80. The number of nitrogens with zero attached hydrogens (tertiary/aromatic N) is 4. The highest BCUT2D eigenvalue weighted by Gasteiger charge is 2.58. The van der Waals surface area contributed by atoms with E-state index in [2.05, 4.69) is 30.0 Å². The van der Waals surface area contributed by atoms with E-state index in [0.29, 0.717) is 23.7 Å². The van der Waals surface area contributed by atoms with Crippen LogP contribution in [0.25, 0.3) is 0 Å². The molecule has 19 nitrogen and oxygen atoms in total. The molecule has 1 aromatic carbocycles. The van der Waals surface area contributed by atoms with Crippen molar-refractivity contribution >= 4 is 56.2 Å². The first-order chi connectivity index (χ1) is 20.9. The fourth-order valence-electron chi connectivity index (χ4n) is 4.25. The molecular formula is C24H31N9O10S2. The summed E-state index contributed by atoms with van der Waals surface area (Å²) in [7, 11) is -5.03. The van der Waals surface area contributed by atoms with E-state index in [0.717, 1.165) is 18.3 Å². The van der Waals surface area contributed by atoms with E-state index < -0.39 is 51.3 Å². The molecule has 2 aliphatic rings. The minimum absolute atomic E-state index is 0.0320. The lowest BCUT2D eigenvalue weighted by Crippen LogP contribution is -2.76. The van der Waals surface area contributed by atoms with Gasteiger partial charge in [0.25, 0.3) is 11.8 Å². The number of ether oxygens (including phenoxy) is 1. The van der Waals surface area contributed by atoms with Gasteiger partial charge in [0.05, 0.1) is 11.6 Å². The number of aliphatic carboxylic acids is 1. The molecule has 2 aromatic rings. The molecule has 2 aliphatic heterocycles. The smallest absolute Gasteiger partial charge is 0.418 e. The average Bonchev–Trinajstić information content (AvgIpc) is 3.57. The molecule has 2 saturated heterocycles. The van der Waals surface area contributed by atoms with Crippen LogP contribution >= 0.6 is 11.3 Å². The second-order valence-electron chi connectivity index (χ2n) is 10.6. The summed E-state index contributed by atoms with van der Waals surface area (Å²) in [6.07, 6.45) is 0. The van der Waals surface area contributed by atoms with Gasteiger partial charge in [-0.15, -0.1) is 15.6 Å². The van der Waals surface area contributed by atoms with Crippen LogP contribution in [0.5, 0.6) is 5.75 Å². The molecule has 4 rings (SSSR count). The molecule has 0 bridgehead atoms. The average molecular weight is 670 g/mol. The van der Waals surface area contributed by atoms with Gasteiger partial charge in [0.2, 0.25) is 0 Å². The minimum Gasteiger partial charge on any atom is -0.475 e. The molecule has 3 unspecified atom stereocenters. The molecule has 1 aromatic heterocycles. The van der Waals surface area contributed by atoms with Gasteiger partial charge in [-0.25, -0.2) is 9.78 Å². The number of hydrogen-bond acceptors (Lipinski definition) is 15. The van der Waals surface area contributed by atoms with E-state index in [9.17, 15) is 27.9 Å². The molecule has 0 spiro atoms. The van der Waals surface area contributed by atoms with Crippen LogP contribution in [0.3, 0.4) is 0 Å². The Kier molecular flexibility index (Phi) is 9.32. The third kappa shape index (κ3) is 7.46. The largest absolute Gasteiger partial charge is 0.475 e. The molecule has 0 radical (unpaired) electrons. The molecule has 3 heterocycles. The van der Waals surface area contributed by atoms with Gasteiger partial charge in [-0.3, -0.25) is 19.1 Å². The van der Waals surface area contributed by atoms with Crippen molar-refractivity contribution in [2.75, 3.05) is 18.8 Å². The van der Waals surface area contributed by atoms with Crippen LogP contribution in [-0.2, 0) is 33.9 Å². The highest BCUT2D eigenvalue weighted by Crippen LogP contribution is 2.33. The number of amidine groups is 1. The number of nitrogens with two attached hydrogens (primary N) is 3. The van der Waals surface area contributed by atoms with Gasteiger partial charge in [-0.05, 0) is 38.1 Å². The van der Waals surface area contributed by atoms with Crippen molar-refractivity contribution in [1.29, 1.82) is 0 Å². The standard InChI is InChI=1S/C24H31N9O10S2/c1-23(2)17(20(35)33(23)43-45(38,39)40)31-19(34)16(15-10-44-22(27)30-15)32-42-24(3,21(36)37)41-12-6-4-11(5-7-12)18(26)29-14-9-28-8-13(14)25/h4-7,10,13-14,17,28H,8-9,25H2,1-3H3,(H2,26,29)(H2,27,30)(H,31,34)(H,36,37)(H,38,39,40)/b32-16-/t13?,14?,17-,24?/m1/s1. The number of aliphatic imine (C=N–C) groups is 1. The number of hydroxylamine groups is 2. The van der Waals surface area contributed by atoms with Crippen LogP contribution in [0.2, 0.25) is 0 Å². The predicted octanol–water partition coefficient (Wildman–Crippen LogP) is -1.83. The number of thiazole rings is 1. The first kappa shape index (κ1) is 33.5. The zero-order valence-electron chi connectivity index (χ0n) is 24.0. The molecule has 45 heavy (non-hydrogen) atoms. The number of carboxylic acid groups (broad SMARTS) is 1. The van der Waals surface area contributed by atoms with Crippen molar-refractivity contribution < 1.29 is 46.3 Å². The van der Waals surface area contributed by atoms with Crippen molar-refractivity contribution in [2.45, 2.75) is 50.2 Å². The van der Waals surface area contributed by atoms with Gasteiger partial charge in [-0.1, -0.05) is 5.16 Å². The number of amides is 2. The number of rotatable bonds is 12. The van der Waals surface area contributed by atoms with E-state index in [1.165, 1.54) is 31.4 Å². The number of hydrogen-bond donors (Lipinski definition) is 7. The van der Waals surface area contributed by atoms with Crippen LogP contribution in [0, 0.1) is 0 Å². The molecule has 4 atom stereocenters. The van der Waals surface area contributed by atoms with Crippen molar-refractivity contribution in [2.24, 2.45) is 21.6 Å². The van der Waals surface area contributed by atoms with E-state index in [4.69, 9.17) is 31.3 Å². The molecule has 10 N–H and O–H groups in total. The molecule has 21 heteroatoms. The number of carboxylic acids is 1. The number of benzene rings is 1. The zero-order valence-corrected chi connectivity index (χ0v) is 25.7. The topological polar surface area (TPSA) is 296 Å². The molecule has 0 aliphatic carbocycles. The normalized spacial score (nSPS) is 23.2. The number of anilines is 1. The van der Waals surface area contributed by atoms with Gasteiger partial charge in [0.1, 0.15) is 23.3 Å². The Balaban J connectivity index is 1.53. The van der Waals surface area contributed by atoms with E-state index >= 15 is 0 Å². The quantitative estimate of drug-likeness (QED) is 0.0326. The van der Waals surface area contributed by atoms with Crippen molar-refractivity contribution in [3.8, 4) is 5.75 Å². The van der Waals surface area contributed by atoms with Crippen molar-refractivity contribution in [1.82, 2.24) is 20.7 Å². The highest BCUT2D eigenvalue weighted by atomic mass is 32.3. The van der Waals surface area contributed by atoms with Gasteiger partial charge < -0.3 is 42.5 Å².